The molecule has 7 nitrogen and oxygen atoms in total. The second-order valence-corrected chi connectivity index (χ2v) is 5.61. The highest BCUT2D eigenvalue weighted by Gasteiger charge is 2.36. The minimum atomic E-state index is -0.636. The Morgan fingerprint density at radius 2 is 2.08 bits per heavy atom. The topological polar surface area (TPSA) is 88.9 Å². The van der Waals surface area contributed by atoms with Crippen LogP contribution in [0.3, 0.4) is 0 Å². The van der Waals surface area contributed by atoms with Gasteiger partial charge in [-0.15, -0.1) is 0 Å². The standard InChI is InChI=1S/C16H20FN3O4/c1-24-15(22)8-13-16(23)18-6-7-20(13)10-14(21)19-9-11-2-4-12(17)5-3-11/h2-5,13H,6-10H2,1H3,(H,18,23)(H,19,21)/p+1/t13-/m1/s1. The van der Waals surface area contributed by atoms with Gasteiger partial charge in [0.15, 0.2) is 12.6 Å². The van der Waals surface area contributed by atoms with Crippen LogP contribution >= 0.6 is 0 Å². The van der Waals surface area contributed by atoms with Gasteiger partial charge in [0.2, 0.25) is 0 Å². The average Bonchev–Trinajstić information content (AvgIpc) is 2.57. The molecule has 0 aliphatic carbocycles. The number of ether oxygens (including phenoxy) is 1. The molecule has 1 fully saturated rings. The molecular formula is C16H21FN3O4+. The zero-order chi connectivity index (χ0) is 17.5. The molecule has 0 bridgehead atoms. The van der Waals surface area contributed by atoms with Gasteiger partial charge in [-0.25, -0.2) is 4.39 Å². The van der Waals surface area contributed by atoms with Crippen LogP contribution in [0.2, 0.25) is 0 Å². The van der Waals surface area contributed by atoms with Crippen LogP contribution in [0.1, 0.15) is 12.0 Å². The highest BCUT2D eigenvalue weighted by molar-refractivity contribution is 5.86. The summed E-state index contributed by atoms with van der Waals surface area (Å²) in [5, 5.41) is 5.43. The van der Waals surface area contributed by atoms with Crippen molar-refractivity contribution in [3.05, 3.63) is 35.6 Å². The zero-order valence-electron chi connectivity index (χ0n) is 13.4. The number of quaternary nitrogens is 1. The van der Waals surface area contributed by atoms with Gasteiger partial charge in [0.05, 0.1) is 20.2 Å². The van der Waals surface area contributed by atoms with Gasteiger partial charge in [0, 0.05) is 6.54 Å². The number of rotatable bonds is 6. The molecule has 3 N–H and O–H groups in total. The summed E-state index contributed by atoms with van der Waals surface area (Å²) in [5.41, 5.74) is 0.780. The van der Waals surface area contributed by atoms with E-state index in [9.17, 15) is 18.8 Å². The fourth-order valence-electron chi connectivity index (χ4n) is 2.60. The molecule has 1 saturated heterocycles. The van der Waals surface area contributed by atoms with E-state index in [0.29, 0.717) is 13.1 Å². The Kier molecular flexibility index (Phi) is 6.25. The Bertz CT molecular complexity index is 606. The van der Waals surface area contributed by atoms with Crippen molar-refractivity contribution < 1.29 is 28.4 Å². The number of piperazine rings is 1. The first-order valence-electron chi connectivity index (χ1n) is 7.70. The molecule has 0 spiro atoms. The smallest absolute Gasteiger partial charge is 0.312 e. The van der Waals surface area contributed by atoms with Crippen molar-refractivity contribution in [1.29, 1.82) is 0 Å². The van der Waals surface area contributed by atoms with Crippen molar-refractivity contribution in [2.24, 2.45) is 0 Å². The molecule has 1 unspecified atom stereocenters. The lowest BCUT2D eigenvalue weighted by Crippen LogP contribution is -3.20. The van der Waals surface area contributed by atoms with Crippen LogP contribution in [0, 0.1) is 5.82 Å². The predicted octanol–water partition coefficient (Wildman–Crippen LogP) is -1.61. The van der Waals surface area contributed by atoms with E-state index in [1.54, 1.807) is 12.1 Å². The third-order valence-electron chi connectivity index (χ3n) is 3.94. The summed E-state index contributed by atoms with van der Waals surface area (Å²) in [6.07, 6.45) is -0.0666. The molecule has 2 atom stereocenters. The Morgan fingerprint density at radius 3 is 2.75 bits per heavy atom. The minimum absolute atomic E-state index is 0.0666. The van der Waals surface area contributed by atoms with Crippen LogP contribution in [0.5, 0.6) is 0 Å². The predicted molar refractivity (Wildman–Crippen MR) is 82.4 cm³/mol. The normalized spacial score (nSPS) is 20.2. The summed E-state index contributed by atoms with van der Waals surface area (Å²) >= 11 is 0. The second-order valence-electron chi connectivity index (χ2n) is 5.61. The molecule has 2 amide bonds. The highest BCUT2D eigenvalue weighted by Crippen LogP contribution is 2.01. The van der Waals surface area contributed by atoms with Crippen LogP contribution in [-0.4, -0.2) is 50.6 Å². The summed E-state index contributed by atoms with van der Waals surface area (Å²) in [6, 6.07) is 5.21. The number of carbonyl (C=O) groups excluding carboxylic acids is 3. The van der Waals surface area contributed by atoms with E-state index in [-0.39, 0.29) is 37.1 Å². The number of amides is 2. The van der Waals surface area contributed by atoms with Gasteiger partial charge in [-0.05, 0) is 17.7 Å². The molecule has 130 valence electrons. The maximum absolute atomic E-state index is 12.8. The van der Waals surface area contributed by atoms with E-state index in [1.807, 2.05) is 0 Å². The minimum Gasteiger partial charge on any atom is -0.469 e. The number of nitrogens with one attached hydrogen (secondary N) is 3. The summed E-state index contributed by atoms with van der Waals surface area (Å²) in [4.78, 5) is 36.2. The molecule has 8 heteroatoms. The molecule has 1 aliphatic heterocycles. The largest absolute Gasteiger partial charge is 0.469 e. The van der Waals surface area contributed by atoms with E-state index in [4.69, 9.17) is 0 Å². The SMILES string of the molecule is COC(=O)C[C@@H]1C(=O)NCC[NH+]1CC(=O)NCc1ccc(F)cc1. The quantitative estimate of drug-likeness (QED) is 0.545. The molecule has 0 radical (unpaired) electrons. The number of carbonyl (C=O) groups is 3. The maximum Gasteiger partial charge on any atom is 0.312 e. The van der Waals surface area contributed by atoms with Crippen LogP contribution in [-0.2, 0) is 25.7 Å². The van der Waals surface area contributed by atoms with Crippen molar-refractivity contribution in [1.82, 2.24) is 10.6 Å². The van der Waals surface area contributed by atoms with Crippen molar-refractivity contribution in [3.63, 3.8) is 0 Å². The van der Waals surface area contributed by atoms with Crippen LogP contribution in [0.25, 0.3) is 0 Å². The molecule has 1 aromatic carbocycles. The fraction of sp³-hybridized carbons (Fsp3) is 0.438. The van der Waals surface area contributed by atoms with Gasteiger partial charge < -0.3 is 20.3 Å². The Hall–Kier alpha value is -2.48. The van der Waals surface area contributed by atoms with Gasteiger partial charge in [0.25, 0.3) is 11.8 Å². The van der Waals surface area contributed by atoms with Crippen LogP contribution in [0.15, 0.2) is 24.3 Å². The lowest BCUT2D eigenvalue weighted by Gasteiger charge is -2.30. The fourth-order valence-corrected chi connectivity index (χ4v) is 2.60. The zero-order valence-corrected chi connectivity index (χ0v) is 13.4. The Morgan fingerprint density at radius 1 is 1.38 bits per heavy atom. The van der Waals surface area contributed by atoms with Crippen molar-refractivity contribution in [2.75, 3.05) is 26.7 Å². The number of methoxy groups -OCH3 is 1. The van der Waals surface area contributed by atoms with E-state index < -0.39 is 12.0 Å². The monoisotopic (exact) mass is 338 g/mol. The molecule has 1 heterocycles. The molecule has 0 saturated carbocycles. The van der Waals surface area contributed by atoms with E-state index in [2.05, 4.69) is 15.4 Å². The highest BCUT2D eigenvalue weighted by atomic mass is 19.1. The second kappa shape index (κ2) is 8.39. The first-order chi connectivity index (χ1) is 11.5. The lowest BCUT2D eigenvalue weighted by molar-refractivity contribution is -0.909. The number of hydrogen-bond donors (Lipinski definition) is 3. The summed E-state index contributed by atoms with van der Waals surface area (Å²) in [7, 11) is 1.26. The van der Waals surface area contributed by atoms with Crippen LogP contribution < -0.4 is 15.5 Å². The number of halogens is 1. The van der Waals surface area contributed by atoms with Crippen molar-refractivity contribution in [2.45, 2.75) is 19.0 Å². The molecule has 0 aromatic heterocycles. The average molecular weight is 338 g/mol. The van der Waals surface area contributed by atoms with Crippen molar-refractivity contribution in [3.8, 4) is 0 Å². The Balaban J connectivity index is 1.89. The number of benzene rings is 1. The van der Waals surface area contributed by atoms with E-state index >= 15 is 0 Å². The first-order valence-corrected chi connectivity index (χ1v) is 7.70. The Labute approximate surface area is 139 Å². The third kappa shape index (κ3) is 5.02. The molecule has 1 aromatic rings. The summed E-state index contributed by atoms with van der Waals surface area (Å²) in [6.45, 7) is 1.37. The maximum atomic E-state index is 12.8. The number of esters is 1. The van der Waals surface area contributed by atoms with Gasteiger partial charge >= 0.3 is 5.97 Å². The van der Waals surface area contributed by atoms with E-state index in [1.165, 1.54) is 19.2 Å². The molecule has 1 aliphatic rings. The number of hydrogen-bond acceptors (Lipinski definition) is 4. The van der Waals surface area contributed by atoms with Crippen LogP contribution in [0.4, 0.5) is 4.39 Å². The van der Waals surface area contributed by atoms with Gasteiger partial charge in [-0.1, -0.05) is 12.1 Å². The van der Waals surface area contributed by atoms with Gasteiger partial charge in [0.1, 0.15) is 12.2 Å². The molecule has 24 heavy (non-hydrogen) atoms. The summed E-state index contributed by atoms with van der Waals surface area (Å²) < 4.78 is 17.4. The molecule has 2 rings (SSSR count). The molecular weight excluding hydrogens is 317 g/mol. The van der Waals surface area contributed by atoms with Gasteiger partial charge in [-0.2, -0.15) is 0 Å². The summed E-state index contributed by atoms with van der Waals surface area (Å²) in [5.74, 6) is -1.31. The van der Waals surface area contributed by atoms with Crippen molar-refractivity contribution >= 4 is 17.8 Å². The third-order valence-corrected chi connectivity index (χ3v) is 3.94. The van der Waals surface area contributed by atoms with Gasteiger partial charge in [-0.3, -0.25) is 14.4 Å². The lowest BCUT2D eigenvalue weighted by atomic mass is 10.1. The first kappa shape index (κ1) is 17.9. The van der Waals surface area contributed by atoms with E-state index in [0.717, 1.165) is 10.5 Å².